The molecule has 1 aliphatic rings. The molecule has 25 heavy (non-hydrogen) atoms. The number of amides is 1. The van der Waals surface area contributed by atoms with Crippen LogP contribution in [-0.4, -0.2) is 39.6 Å². The van der Waals surface area contributed by atoms with Gasteiger partial charge in [-0.15, -0.1) is 11.3 Å². The van der Waals surface area contributed by atoms with Crippen molar-refractivity contribution in [1.82, 2.24) is 9.88 Å². The monoisotopic (exact) mass is 363 g/mol. The molecule has 134 valence electrons. The summed E-state index contributed by atoms with van der Waals surface area (Å²) in [5.41, 5.74) is 0.239. The van der Waals surface area contributed by atoms with Crippen LogP contribution in [-0.2, 0) is 4.74 Å². The molecule has 8 heteroatoms. The number of fused-ring (bicyclic) bond motifs is 1. The van der Waals surface area contributed by atoms with Crippen LogP contribution in [0.5, 0.6) is 0 Å². The zero-order valence-electron chi connectivity index (χ0n) is 14.5. The number of carbonyl (C=O) groups is 1. The fourth-order valence-electron chi connectivity index (χ4n) is 2.86. The number of nitro benzene ring substituents is 1. The first-order chi connectivity index (χ1) is 11.7. The van der Waals surface area contributed by atoms with E-state index in [1.807, 2.05) is 20.8 Å². The van der Waals surface area contributed by atoms with Crippen LogP contribution in [0.2, 0.25) is 0 Å². The van der Waals surface area contributed by atoms with Gasteiger partial charge in [0.25, 0.3) is 5.69 Å². The number of carbonyl (C=O) groups excluding carboxylic acids is 1. The Balaban J connectivity index is 1.67. The smallest absolute Gasteiger partial charge is 0.410 e. The van der Waals surface area contributed by atoms with Crippen LogP contribution < -0.4 is 0 Å². The van der Waals surface area contributed by atoms with E-state index in [2.05, 4.69) is 4.98 Å². The highest BCUT2D eigenvalue weighted by Crippen LogP contribution is 2.35. The first-order valence-corrected chi connectivity index (χ1v) is 9.07. The molecule has 1 amide bonds. The van der Waals surface area contributed by atoms with Crippen LogP contribution >= 0.6 is 11.3 Å². The van der Waals surface area contributed by atoms with E-state index in [-0.39, 0.29) is 17.7 Å². The summed E-state index contributed by atoms with van der Waals surface area (Å²) in [5, 5.41) is 11.9. The van der Waals surface area contributed by atoms with E-state index in [0.717, 1.165) is 22.5 Å². The predicted molar refractivity (Wildman–Crippen MR) is 96.1 cm³/mol. The summed E-state index contributed by atoms with van der Waals surface area (Å²) in [6.45, 7) is 6.85. The second-order valence-electron chi connectivity index (χ2n) is 7.20. The van der Waals surface area contributed by atoms with E-state index in [0.29, 0.717) is 18.6 Å². The lowest BCUT2D eigenvalue weighted by atomic mass is 9.98. The molecule has 0 N–H and O–H groups in total. The first kappa shape index (κ1) is 17.6. The molecule has 1 saturated heterocycles. The van der Waals surface area contributed by atoms with Crippen molar-refractivity contribution >= 4 is 33.3 Å². The molecule has 0 saturated carbocycles. The molecule has 0 aliphatic carbocycles. The number of rotatable bonds is 2. The summed E-state index contributed by atoms with van der Waals surface area (Å²) in [6, 6.07) is 4.78. The maximum atomic E-state index is 12.1. The van der Waals surface area contributed by atoms with Crippen molar-refractivity contribution in [2.24, 2.45) is 0 Å². The van der Waals surface area contributed by atoms with Gasteiger partial charge < -0.3 is 9.64 Å². The number of non-ortho nitro benzene ring substituents is 1. The Hall–Kier alpha value is -2.22. The van der Waals surface area contributed by atoms with E-state index in [9.17, 15) is 14.9 Å². The molecular weight excluding hydrogens is 342 g/mol. The van der Waals surface area contributed by atoms with Crippen LogP contribution in [0.25, 0.3) is 10.2 Å². The fraction of sp³-hybridized carbons (Fsp3) is 0.529. The molecule has 0 spiro atoms. The Morgan fingerprint density at radius 3 is 2.64 bits per heavy atom. The lowest BCUT2D eigenvalue weighted by Crippen LogP contribution is -2.41. The summed E-state index contributed by atoms with van der Waals surface area (Å²) in [7, 11) is 0. The normalized spacial score (nSPS) is 16.2. The highest BCUT2D eigenvalue weighted by molar-refractivity contribution is 7.18. The van der Waals surface area contributed by atoms with Crippen LogP contribution in [0.4, 0.5) is 10.5 Å². The number of ether oxygens (including phenoxy) is 1. The van der Waals surface area contributed by atoms with Crippen molar-refractivity contribution in [1.29, 1.82) is 0 Å². The van der Waals surface area contributed by atoms with E-state index in [1.54, 1.807) is 22.3 Å². The Bertz CT molecular complexity index is 804. The van der Waals surface area contributed by atoms with E-state index in [4.69, 9.17) is 4.74 Å². The maximum absolute atomic E-state index is 12.1. The molecule has 2 aromatic rings. The third-order valence-corrected chi connectivity index (χ3v) is 5.29. The van der Waals surface area contributed by atoms with E-state index < -0.39 is 10.5 Å². The minimum Gasteiger partial charge on any atom is -0.444 e. The number of benzene rings is 1. The van der Waals surface area contributed by atoms with Gasteiger partial charge in [-0.3, -0.25) is 10.1 Å². The van der Waals surface area contributed by atoms with Gasteiger partial charge in [-0.1, -0.05) is 0 Å². The van der Waals surface area contributed by atoms with Gasteiger partial charge >= 0.3 is 6.09 Å². The molecule has 0 atom stereocenters. The highest BCUT2D eigenvalue weighted by atomic mass is 32.1. The second-order valence-corrected chi connectivity index (χ2v) is 8.27. The van der Waals surface area contributed by atoms with Gasteiger partial charge in [0.05, 0.1) is 20.1 Å². The van der Waals surface area contributed by atoms with Crippen LogP contribution in [0.15, 0.2) is 18.2 Å². The Morgan fingerprint density at radius 1 is 1.36 bits per heavy atom. The molecule has 3 rings (SSSR count). The molecule has 1 aromatic heterocycles. The Morgan fingerprint density at radius 2 is 2.04 bits per heavy atom. The number of hydrogen-bond acceptors (Lipinski definition) is 6. The predicted octanol–water partition coefficient (Wildman–Crippen LogP) is 4.32. The molecule has 2 heterocycles. The molecule has 7 nitrogen and oxygen atoms in total. The second kappa shape index (κ2) is 6.59. The molecule has 1 aromatic carbocycles. The molecular formula is C17H21N3O4S. The average molecular weight is 363 g/mol. The van der Waals surface area contributed by atoms with E-state index in [1.165, 1.54) is 12.1 Å². The van der Waals surface area contributed by atoms with Crippen molar-refractivity contribution < 1.29 is 14.5 Å². The Labute approximate surface area is 149 Å². The number of nitro groups is 1. The van der Waals surface area contributed by atoms with Gasteiger partial charge in [0.15, 0.2) is 0 Å². The fourth-order valence-corrected chi connectivity index (χ4v) is 3.97. The third kappa shape index (κ3) is 4.07. The van der Waals surface area contributed by atoms with Crippen molar-refractivity contribution in [3.05, 3.63) is 33.3 Å². The summed E-state index contributed by atoms with van der Waals surface area (Å²) in [6.07, 6.45) is 1.37. The van der Waals surface area contributed by atoms with E-state index >= 15 is 0 Å². The maximum Gasteiger partial charge on any atom is 0.410 e. The van der Waals surface area contributed by atoms with Crippen molar-refractivity contribution in [3.8, 4) is 0 Å². The van der Waals surface area contributed by atoms with Gasteiger partial charge in [-0.2, -0.15) is 0 Å². The lowest BCUT2D eigenvalue weighted by Gasteiger charge is -2.32. The summed E-state index contributed by atoms with van der Waals surface area (Å²) >= 11 is 1.58. The molecule has 1 fully saturated rings. The topological polar surface area (TPSA) is 85.6 Å². The molecule has 1 aliphatic heterocycles. The molecule has 0 bridgehead atoms. The number of thiazole rings is 1. The lowest BCUT2D eigenvalue weighted by molar-refractivity contribution is -0.384. The average Bonchev–Trinajstić information content (AvgIpc) is 2.96. The minimum atomic E-state index is -0.490. The molecule has 0 radical (unpaired) electrons. The zero-order chi connectivity index (χ0) is 18.2. The number of nitrogens with zero attached hydrogens (tertiary/aromatic N) is 3. The number of hydrogen-bond donors (Lipinski definition) is 0. The summed E-state index contributed by atoms with van der Waals surface area (Å²) in [4.78, 5) is 28.9. The van der Waals surface area contributed by atoms with Gasteiger partial charge in [-0.25, -0.2) is 9.78 Å². The largest absolute Gasteiger partial charge is 0.444 e. The van der Waals surface area contributed by atoms with Crippen LogP contribution in [0.1, 0.15) is 44.5 Å². The van der Waals surface area contributed by atoms with Gasteiger partial charge in [-0.05, 0) is 39.7 Å². The Kier molecular flexibility index (Phi) is 4.64. The summed E-state index contributed by atoms with van der Waals surface area (Å²) < 4.78 is 6.37. The number of likely N-dealkylation sites (tertiary alicyclic amines) is 1. The minimum absolute atomic E-state index is 0.0593. The highest BCUT2D eigenvalue weighted by Gasteiger charge is 2.29. The standard InChI is InChI=1S/C17H21N3O4S/c1-17(2,3)24-16(21)19-8-6-11(7-9-19)15-18-13-10-12(20(22)23)4-5-14(13)25-15/h4-5,10-11H,6-9H2,1-3H3. The van der Waals surface area contributed by atoms with Crippen molar-refractivity contribution in [2.75, 3.05) is 13.1 Å². The van der Waals surface area contributed by atoms with Gasteiger partial charge in [0.1, 0.15) is 5.60 Å². The van der Waals surface area contributed by atoms with Crippen LogP contribution in [0.3, 0.4) is 0 Å². The zero-order valence-corrected chi connectivity index (χ0v) is 15.3. The molecule has 0 unspecified atom stereocenters. The van der Waals surface area contributed by atoms with Crippen LogP contribution in [0, 0.1) is 10.1 Å². The quantitative estimate of drug-likeness (QED) is 0.586. The van der Waals surface area contributed by atoms with Crippen molar-refractivity contribution in [2.45, 2.75) is 45.1 Å². The van der Waals surface area contributed by atoms with Gasteiger partial charge in [0, 0.05) is 31.1 Å². The van der Waals surface area contributed by atoms with Gasteiger partial charge in [0.2, 0.25) is 0 Å². The SMILES string of the molecule is CC(C)(C)OC(=O)N1CCC(c2nc3cc([N+](=O)[O-])ccc3s2)CC1. The third-order valence-electron chi connectivity index (χ3n) is 4.09. The van der Waals surface area contributed by atoms with Crippen molar-refractivity contribution in [3.63, 3.8) is 0 Å². The number of aromatic nitrogens is 1. The summed E-state index contributed by atoms with van der Waals surface area (Å²) in [5.74, 6) is 0.273. The first-order valence-electron chi connectivity index (χ1n) is 8.26. The number of piperidine rings is 1.